The second-order valence-corrected chi connectivity index (χ2v) is 4.91. The average molecular weight is 299 g/mol. The molecule has 0 heterocycles. The van der Waals surface area contributed by atoms with Crippen molar-refractivity contribution in [2.45, 2.75) is 12.5 Å². The molecule has 1 aromatic carbocycles. The number of hydrogen-bond donors (Lipinski definition) is 3. The molecule has 1 unspecified atom stereocenters. The zero-order chi connectivity index (χ0) is 15.8. The van der Waals surface area contributed by atoms with E-state index in [1.807, 2.05) is 11.9 Å². The van der Waals surface area contributed by atoms with E-state index in [1.54, 1.807) is 0 Å². The van der Waals surface area contributed by atoms with Crippen LogP contribution in [0.5, 0.6) is 0 Å². The lowest BCUT2D eigenvalue weighted by molar-refractivity contribution is -0.116. The summed E-state index contributed by atoms with van der Waals surface area (Å²) in [4.78, 5) is 13.6. The van der Waals surface area contributed by atoms with E-state index in [4.69, 9.17) is 10.5 Å². The van der Waals surface area contributed by atoms with Gasteiger partial charge in [0.1, 0.15) is 5.82 Å². The molecule has 7 heteroatoms. The Morgan fingerprint density at radius 3 is 2.90 bits per heavy atom. The number of nitrogen functional groups attached to an aromatic ring is 1. The summed E-state index contributed by atoms with van der Waals surface area (Å²) in [7, 11) is 3.33. The third kappa shape index (κ3) is 6.52. The van der Waals surface area contributed by atoms with Crippen molar-refractivity contribution in [1.82, 2.24) is 4.90 Å². The molecule has 4 N–H and O–H groups in total. The fraction of sp³-hybridized carbons (Fsp3) is 0.500. The quantitative estimate of drug-likeness (QED) is 0.614. The van der Waals surface area contributed by atoms with Gasteiger partial charge in [0.2, 0.25) is 5.91 Å². The van der Waals surface area contributed by atoms with E-state index in [9.17, 15) is 14.3 Å². The smallest absolute Gasteiger partial charge is 0.225 e. The first-order valence-electron chi connectivity index (χ1n) is 6.62. The molecule has 1 amide bonds. The zero-order valence-electron chi connectivity index (χ0n) is 12.3. The largest absolute Gasteiger partial charge is 0.396 e. The molecule has 21 heavy (non-hydrogen) atoms. The SMILES string of the molecule is COCC(O)CN(C)CCC(=O)Nc1ccc(F)c(N)c1. The van der Waals surface area contributed by atoms with Crippen LogP contribution in [0, 0.1) is 5.82 Å². The van der Waals surface area contributed by atoms with Crippen LogP contribution in [0.3, 0.4) is 0 Å². The van der Waals surface area contributed by atoms with Crippen LogP contribution in [0.15, 0.2) is 18.2 Å². The molecule has 0 aliphatic rings. The molecular weight excluding hydrogens is 277 g/mol. The van der Waals surface area contributed by atoms with E-state index in [0.29, 0.717) is 18.8 Å². The number of rotatable bonds is 8. The number of amides is 1. The molecule has 1 atom stereocenters. The summed E-state index contributed by atoms with van der Waals surface area (Å²) in [5.41, 5.74) is 5.88. The normalized spacial score (nSPS) is 12.4. The molecular formula is C14H22FN3O3. The molecule has 1 rings (SSSR count). The Kier molecular flexibility index (Phi) is 7.07. The van der Waals surface area contributed by atoms with Gasteiger partial charge in [-0.05, 0) is 25.2 Å². The summed E-state index contributed by atoms with van der Waals surface area (Å²) in [6.45, 7) is 1.17. The van der Waals surface area contributed by atoms with Crippen molar-refractivity contribution >= 4 is 17.3 Å². The molecule has 0 fully saturated rings. The first-order chi connectivity index (χ1) is 9.92. The number of benzene rings is 1. The van der Waals surface area contributed by atoms with Crippen molar-refractivity contribution < 1.29 is 19.0 Å². The summed E-state index contributed by atoms with van der Waals surface area (Å²) >= 11 is 0. The fourth-order valence-corrected chi connectivity index (χ4v) is 1.83. The van der Waals surface area contributed by atoms with Crippen molar-refractivity contribution in [3.63, 3.8) is 0 Å². The molecule has 0 bridgehead atoms. The molecule has 0 radical (unpaired) electrons. The van der Waals surface area contributed by atoms with E-state index in [0.717, 1.165) is 0 Å². The number of nitrogens with one attached hydrogen (secondary N) is 1. The maximum atomic E-state index is 13.0. The first-order valence-corrected chi connectivity index (χ1v) is 6.62. The number of aliphatic hydroxyl groups excluding tert-OH is 1. The van der Waals surface area contributed by atoms with E-state index >= 15 is 0 Å². The number of nitrogens with two attached hydrogens (primary N) is 1. The molecule has 0 aromatic heterocycles. The molecule has 0 aliphatic heterocycles. The van der Waals surface area contributed by atoms with E-state index in [1.165, 1.54) is 25.3 Å². The van der Waals surface area contributed by atoms with Gasteiger partial charge in [0, 0.05) is 32.3 Å². The first kappa shape index (κ1) is 17.4. The third-order valence-corrected chi connectivity index (χ3v) is 2.88. The van der Waals surface area contributed by atoms with Gasteiger partial charge in [0.15, 0.2) is 0 Å². The highest BCUT2D eigenvalue weighted by Gasteiger charge is 2.10. The lowest BCUT2D eigenvalue weighted by Crippen LogP contribution is -2.33. The third-order valence-electron chi connectivity index (χ3n) is 2.88. The second-order valence-electron chi connectivity index (χ2n) is 4.91. The zero-order valence-corrected chi connectivity index (χ0v) is 12.3. The van der Waals surface area contributed by atoms with Crippen LogP contribution in [0.25, 0.3) is 0 Å². The van der Waals surface area contributed by atoms with Crippen LogP contribution in [-0.2, 0) is 9.53 Å². The Balaban J connectivity index is 2.35. The highest BCUT2D eigenvalue weighted by Crippen LogP contribution is 2.16. The van der Waals surface area contributed by atoms with Crippen LogP contribution in [0.4, 0.5) is 15.8 Å². The number of ether oxygens (including phenoxy) is 1. The Hall–Kier alpha value is -1.70. The van der Waals surface area contributed by atoms with Gasteiger partial charge >= 0.3 is 0 Å². The highest BCUT2D eigenvalue weighted by atomic mass is 19.1. The Morgan fingerprint density at radius 1 is 1.57 bits per heavy atom. The Bertz CT molecular complexity index is 471. The number of nitrogens with zero attached hydrogens (tertiary/aromatic N) is 1. The van der Waals surface area contributed by atoms with Gasteiger partial charge in [-0.1, -0.05) is 0 Å². The Morgan fingerprint density at radius 2 is 2.29 bits per heavy atom. The summed E-state index contributed by atoms with van der Waals surface area (Å²) in [5.74, 6) is -0.714. The van der Waals surface area contributed by atoms with Gasteiger partial charge in [0.25, 0.3) is 0 Å². The molecule has 0 saturated carbocycles. The summed E-state index contributed by atoms with van der Waals surface area (Å²) in [5, 5.41) is 12.2. The van der Waals surface area contributed by atoms with Gasteiger partial charge in [0.05, 0.1) is 18.4 Å². The van der Waals surface area contributed by atoms with Crippen molar-refractivity contribution in [3.8, 4) is 0 Å². The number of carbonyl (C=O) groups is 1. The molecule has 118 valence electrons. The summed E-state index contributed by atoms with van der Waals surface area (Å²) in [6.07, 6.45) is -0.326. The number of likely N-dealkylation sites (N-methyl/N-ethyl adjacent to an activating group) is 1. The summed E-state index contributed by atoms with van der Waals surface area (Å²) in [6, 6.07) is 4.03. The van der Waals surface area contributed by atoms with Crippen molar-refractivity contribution in [2.75, 3.05) is 44.9 Å². The number of hydrogen-bond acceptors (Lipinski definition) is 5. The number of halogens is 1. The Labute approximate surface area is 123 Å². The minimum Gasteiger partial charge on any atom is -0.396 e. The van der Waals surface area contributed by atoms with Crippen LogP contribution in [0.2, 0.25) is 0 Å². The average Bonchev–Trinajstić information content (AvgIpc) is 2.41. The minimum absolute atomic E-state index is 0.00685. The van der Waals surface area contributed by atoms with Gasteiger partial charge in [-0.25, -0.2) is 4.39 Å². The monoisotopic (exact) mass is 299 g/mol. The standard InChI is InChI=1S/C14H22FN3O3/c1-18(8-11(19)9-21-2)6-5-14(20)17-10-3-4-12(15)13(16)7-10/h3-4,7,11,19H,5-6,8-9,16H2,1-2H3,(H,17,20). The molecule has 0 aliphatic carbocycles. The lowest BCUT2D eigenvalue weighted by atomic mass is 10.2. The number of methoxy groups -OCH3 is 1. The topological polar surface area (TPSA) is 87.8 Å². The maximum absolute atomic E-state index is 13.0. The van der Waals surface area contributed by atoms with Crippen molar-refractivity contribution in [3.05, 3.63) is 24.0 Å². The van der Waals surface area contributed by atoms with Crippen molar-refractivity contribution in [1.29, 1.82) is 0 Å². The van der Waals surface area contributed by atoms with E-state index < -0.39 is 11.9 Å². The van der Waals surface area contributed by atoms with Gasteiger partial charge in [-0.3, -0.25) is 4.79 Å². The van der Waals surface area contributed by atoms with E-state index in [-0.39, 0.29) is 24.6 Å². The fourth-order valence-electron chi connectivity index (χ4n) is 1.83. The van der Waals surface area contributed by atoms with Crippen LogP contribution in [-0.4, -0.2) is 55.9 Å². The van der Waals surface area contributed by atoms with Crippen LogP contribution in [0.1, 0.15) is 6.42 Å². The van der Waals surface area contributed by atoms with E-state index in [2.05, 4.69) is 5.32 Å². The molecule has 0 saturated heterocycles. The molecule has 6 nitrogen and oxygen atoms in total. The second kappa shape index (κ2) is 8.56. The van der Waals surface area contributed by atoms with Gasteiger partial charge in [-0.2, -0.15) is 0 Å². The lowest BCUT2D eigenvalue weighted by Gasteiger charge is -2.19. The predicted octanol–water partition coefficient (Wildman–Crippen LogP) is 0.676. The predicted molar refractivity (Wildman–Crippen MR) is 79.4 cm³/mol. The van der Waals surface area contributed by atoms with Crippen LogP contribution < -0.4 is 11.1 Å². The number of anilines is 2. The maximum Gasteiger partial charge on any atom is 0.225 e. The highest BCUT2D eigenvalue weighted by molar-refractivity contribution is 5.91. The summed E-state index contributed by atoms with van der Waals surface area (Å²) < 4.78 is 17.8. The number of carbonyl (C=O) groups excluding carboxylic acids is 1. The van der Waals surface area contributed by atoms with Crippen molar-refractivity contribution in [2.24, 2.45) is 0 Å². The minimum atomic E-state index is -0.583. The van der Waals surface area contributed by atoms with Gasteiger partial charge < -0.3 is 25.8 Å². The molecule has 1 aromatic rings. The molecule has 0 spiro atoms. The van der Waals surface area contributed by atoms with Gasteiger partial charge in [-0.15, -0.1) is 0 Å². The number of aliphatic hydroxyl groups is 1. The van der Waals surface area contributed by atoms with Crippen LogP contribution >= 0.6 is 0 Å².